The minimum Gasteiger partial charge on any atom is -0.372 e. The topological polar surface area (TPSA) is 78.5 Å². The number of nitrogens with one attached hydrogen (secondary N) is 2. The van der Waals surface area contributed by atoms with E-state index in [0.29, 0.717) is 11.4 Å². The third-order valence-corrected chi connectivity index (χ3v) is 7.21. The highest BCUT2D eigenvalue weighted by molar-refractivity contribution is 7.92. The molecule has 0 atom stereocenters. The van der Waals surface area contributed by atoms with Crippen molar-refractivity contribution in [2.75, 3.05) is 28.0 Å². The van der Waals surface area contributed by atoms with Gasteiger partial charge in [0.05, 0.1) is 5.02 Å². The Labute approximate surface area is 193 Å². The smallest absolute Gasteiger partial charge is 0.263 e. The van der Waals surface area contributed by atoms with Crippen molar-refractivity contribution in [3.63, 3.8) is 0 Å². The van der Waals surface area contributed by atoms with Crippen LogP contribution in [0.2, 0.25) is 5.02 Å². The van der Waals surface area contributed by atoms with Gasteiger partial charge in [-0.1, -0.05) is 23.7 Å². The van der Waals surface area contributed by atoms with Crippen molar-refractivity contribution in [3.8, 4) is 0 Å². The molecule has 0 unspecified atom stereocenters. The summed E-state index contributed by atoms with van der Waals surface area (Å²) < 4.78 is 28.3. The van der Waals surface area contributed by atoms with Gasteiger partial charge in [-0.25, -0.2) is 8.42 Å². The number of halogens is 1. The molecule has 1 fully saturated rings. The second-order valence-electron chi connectivity index (χ2n) is 7.82. The van der Waals surface area contributed by atoms with Crippen LogP contribution in [0.25, 0.3) is 0 Å². The van der Waals surface area contributed by atoms with Crippen LogP contribution in [0.5, 0.6) is 0 Å². The molecule has 8 heteroatoms. The average Bonchev–Trinajstić information content (AvgIpc) is 3.29. The fraction of sp³-hybridized carbons (Fsp3) is 0.208. The van der Waals surface area contributed by atoms with Crippen LogP contribution in [0.15, 0.2) is 71.6 Å². The van der Waals surface area contributed by atoms with Crippen molar-refractivity contribution in [2.45, 2.75) is 24.7 Å². The molecule has 1 heterocycles. The van der Waals surface area contributed by atoms with Crippen LogP contribution in [0, 0.1) is 6.92 Å². The first-order valence-corrected chi connectivity index (χ1v) is 12.2. The zero-order chi connectivity index (χ0) is 22.7. The van der Waals surface area contributed by atoms with Gasteiger partial charge in [-0.15, -0.1) is 0 Å². The van der Waals surface area contributed by atoms with Gasteiger partial charge in [-0.05, 0) is 79.9 Å². The molecule has 2 N–H and O–H groups in total. The Morgan fingerprint density at radius 1 is 0.938 bits per heavy atom. The van der Waals surface area contributed by atoms with Crippen molar-refractivity contribution in [2.24, 2.45) is 0 Å². The summed E-state index contributed by atoms with van der Waals surface area (Å²) in [5, 5.41) is 2.85. The van der Waals surface area contributed by atoms with Crippen LogP contribution in [-0.2, 0) is 10.0 Å². The molecule has 0 radical (unpaired) electrons. The summed E-state index contributed by atoms with van der Waals surface area (Å²) in [6.45, 7) is 3.96. The maximum atomic E-state index is 12.9. The lowest BCUT2D eigenvalue weighted by Crippen LogP contribution is -2.18. The lowest BCUT2D eigenvalue weighted by atomic mass is 10.2. The first-order chi connectivity index (χ1) is 15.3. The molecule has 0 bridgehead atoms. The first-order valence-electron chi connectivity index (χ1n) is 10.4. The Bertz CT molecular complexity index is 1240. The second kappa shape index (κ2) is 9.22. The molecule has 0 aromatic heterocycles. The summed E-state index contributed by atoms with van der Waals surface area (Å²) in [5.74, 6) is -0.414. The summed E-state index contributed by atoms with van der Waals surface area (Å²) in [5.41, 5.74) is 3.30. The maximum absolute atomic E-state index is 12.9. The van der Waals surface area contributed by atoms with Crippen molar-refractivity contribution >= 4 is 44.6 Å². The van der Waals surface area contributed by atoms with Gasteiger partial charge >= 0.3 is 0 Å². The SMILES string of the molecule is Cc1cccc(NS(=O)(=O)c2cc(C(=O)Nc3ccc(N4CCCC4)cc3)ccc2Cl)c1. The molecule has 32 heavy (non-hydrogen) atoms. The lowest BCUT2D eigenvalue weighted by Gasteiger charge is -2.17. The molecule has 1 aliphatic heterocycles. The van der Waals surface area contributed by atoms with Crippen LogP contribution in [0.4, 0.5) is 17.1 Å². The third-order valence-electron chi connectivity index (χ3n) is 5.35. The van der Waals surface area contributed by atoms with Crippen molar-refractivity contribution in [1.82, 2.24) is 0 Å². The number of carbonyl (C=O) groups is 1. The fourth-order valence-corrected chi connectivity index (χ4v) is 5.28. The number of benzene rings is 3. The fourth-order valence-electron chi connectivity index (χ4n) is 3.70. The van der Waals surface area contributed by atoms with Gasteiger partial charge in [0.25, 0.3) is 15.9 Å². The zero-order valence-electron chi connectivity index (χ0n) is 17.6. The van der Waals surface area contributed by atoms with Crippen molar-refractivity contribution in [3.05, 3.63) is 82.9 Å². The van der Waals surface area contributed by atoms with E-state index in [0.717, 1.165) is 24.3 Å². The van der Waals surface area contributed by atoms with Gasteiger partial charge in [-0.3, -0.25) is 9.52 Å². The molecule has 1 amide bonds. The van der Waals surface area contributed by atoms with Gasteiger partial charge in [-0.2, -0.15) is 0 Å². The first kappa shape index (κ1) is 22.2. The summed E-state index contributed by atoms with van der Waals surface area (Å²) in [4.78, 5) is 14.9. The van der Waals surface area contributed by atoms with Crippen LogP contribution in [0.1, 0.15) is 28.8 Å². The van der Waals surface area contributed by atoms with Gasteiger partial charge < -0.3 is 10.2 Å². The summed E-state index contributed by atoms with van der Waals surface area (Å²) >= 11 is 6.17. The van der Waals surface area contributed by atoms with E-state index >= 15 is 0 Å². The highest BCUT2D eigenvalue weighted by Crippen LogP contribution is 2.26. The molecule has 3 aromatic rings. The number of hydrogen-bond acceptors (Lipinski definition) is 4. The molecule has 1 aliphatic rings. The molecule has 4 rings (SSSR count). The van der Waals surface area contributed by atoms with Crippen LogP contribution in [0.3, 0.4) is 0 Å². The predicted molar refractivity (Wildman–Crippen MR) is 129 cm³/mol. The number of sulfonamides is 1. The Morgan fingerprint density at radius 2 is 1.66 bits per heavy atom. The molecular weight excluding hydrogens is 446 g/mol. The number of aryl methyl sites for hydroxylation is 1. The van der Waals surface area contributed by atoms with Crippen LogP contribution >= 0.6 is 11.6 Å². The average molecular weight is 470 g/mol. The molecular formula is C24H24ClN3O3S. The molecule has 0 saturated carbocycles. The molecule has 0 aliphatic carbocycles. The van der Waals surface area contributed by atoms with Crippen molar-refractivity contribution in [1.29, 1.82) is 0 Å². The minimum absolute atomic E-state index is 0.0386. The van der Waals surface area contributed by atoms with Crippen LogP contribution in [-0.4, -0.2) is 27.4 Å². The molecule has 6 nitrogen and oxygen atoms in total. The minimum atomic E-state index is -3.97. The molecule has 166 valence electrons. The van der Waals surface area contributed by atoms with Gasteiger partial charge in [0, 0.05) is 35.7 Å². The van der Waals surface area contributed by atoms with Gasteiger partial charge in [0.15, 0.2) is 0 Å². The number of amides is 1. The Balaban J connectivity index is 1.52. The van der Waals surface area contributed by atoms with E-state index in [9.17, 15) is 13.2 Å². The third kappa shape index (κ3) is 5.06. The Morgan fingerprint density at radius 3 is 2.34 bits per heavy atom. The summed E-state index contributed by atoms with van der Waals surface area (Å²) in [6.07, 6.45) is 2.39. The molecule has 0 spiro atoms. The second-order valence-corrected chi connectivity index (χ2v) is 9.87. The number of nitrogens with zero attached hydrogens (tertiary/aromatic N) is 1. The van der Waals surface area contributed by atoms with Crippen LogP contribution < -0.4 is 14.9 Å². The quantitative estimate of drug-likeness (QED) is 0.513. The highest BCUT2D eigenvalue weighted by atomic mass is 35.5. The monoisotopic (exact) mass is 469 g/mol. The molecule has 3 aromatic carbocycles. The van der Waals surface area contributed by atoms with Gasteiger partial charge in [0.1, 0.15) is 4.90 Å². The van der Waals surface area contributed by atoms with E-state index in [1.54, 1.807) is 18.2 Å². The lowest BCUT2D eigenvalue weighted by molar-refractivity contribution is 0.102. The van der Waals surface area contributed by atoms with Crippen molar-refractivity contribution < 1.29 is 13.2 Å². The number of hydrogen-bond donors (Lipinski definition) is 2. The van der Waals surface area contributed by atoms with E-state index in [4.69, 9.17) is 11.6 Å². The number of anilines is 3. The number of carbonyl (C=O) groups excluding carboxylic acids is 1. The predicted octanol–water partition coefficient (Wildman–Crippen LogP) is 5.30. The van der Waals surface area contributed by atoms with E-state index < -0.39 is 15.9 Å². The summed E-state index contributed by atoms with van der Waals surface area (Å²) in [7, 11) is -3.97. The Hall–Kier alpha value is -3.03. The van der Waals surface area contributed by atoms with E-state index in [-0.39, 0.29) is 15.5 Å². The van der Waals surface area contributed by atoms with Gasteiger partial charge in [0.2, 0.25) is 0 Å². The maximum Gasteiger partial charge on any atom is 0.263 e. The van der Waals surface area contributed by atoms with E-state index in [2.05, 4.69) is 14.9 Å². The molecule has 1 saturated heterocycles. The Kier molecular flexibility index (Phi) is 6.39. The normalized spacial score (nSPS) is 13.8. The highest BCUT2D eigenvalue weighted by Gasteiger charge is 2.21. The summed E-state index contributed by atoms with van der Waals surface area (Å²) in [6, 6.07) is 18.8. The zero-order valence-corrected chi connectivity index (χ0v) is 19.2. The standard InChI is InChI=1S/C24H24ClN3O3S/c1-17-5-4-6-20(15-17)27-32(30,31)23-16-18(7-12-22(23)25)24(29)26-19-8-10-21(11-9-19)28-13-2-3-14-28/h4-12,15-16,27H,2-3,13-14H2,1H3,(H,26,29). The largest absolute Gasteiger partial charge is 0.372 e. The number of rotatable bonds is 6. The van der Waals surface area contributed by atoms with E-state index in [1.807, 2.05) is 37.3 Å². The van der Waals surface area contributed by atoms with E-state index in [1.165, 1.54) is 31.0 Å².